The summed E-state index contributed by atoms with van der Waals surface area (Å²) >= 11 is 0. The molecule has 2 aromatic heterocycles. The van der Waals surface area contributed by atoms with Crippen LogP contribution in [0.25, 0.3) is 11.6 Å². The number of benzene rings is 1. The van der Waals surface area contributed by atoms with Gasteiger partial charge in [-0.25, -0.2) is 0 Å². The molecule has 3 aromatic rings. The summed E-state index contributed by atoms with van der Waals surface area (Å²) in [6.07, 6.45) is 2.18. The highest BCUT2D eigenvalue weighted by molar-refractivity contribution is 5.90. The van der Waals surface area contributed by atoms with Gasteiger partial charge in [-0.2, -0.15) is 4.98 Å². The van der Waals surface area contributed by atoms with Gasteiger partial charge in [0.25, 0.3) is 0 Å². The van der Waals surface area contributed by atoms with Crippen molar-refractivity contribution in [2.45, 2.75) is 19.4 Å². The number of aromatic nitrogens is 2. The number of carbonyl (C=O) groups excluding carboxylic acids is 1. The molecule has 25 heavy (non-hydrogen) atoms. The number of aryl methyl sites for hydroxylation is 1. The zero-order valence-corrected chi connectivity index (χ0v) is 14.2. The molecular formula is C18H20N4O3. The van der Waals surface area contributed by atoms with Crippen molar-refractivity contribution in [1.82, 2.24) is 15.0 Å². The van der Waals surface area contributed by atoms with Gasteiger partial charge in [-0.3, -0.25) is 4.79 Å². The van der Waals surface area contributed by atoms with Crippen molar-refractivity contribution in [2.24, 2.45) is 0 Å². The number of nitrogens with one attached hydrogen (secondary N) is 1. The van der Waals surface area contributed by atoms with Crippen molar-refractivity contribution in [3.8, 4) is 11.6 Å². The summed E-state index contributed by atoms with van der Waals surface area (Å²) in [7, 11) is 4.01. The Morgan fingerprint density at radius 3 is 2.88 bits per heavy atom. The van der Waals surface area contributed by atoms with E-state index in [1.54, 1.807) is 18.4 Å². The maximum atomic E-state index is 12.1. The topological polar surface area (TPSA) is 84.4 Å². The molecule has 2 heterocycles. The summed E-state index contributed by atoms with van der Waals surface area (Å²) < 4.78 is 10.4. The Bertz CT molecular complexity index is 824. The van der Waals surface area contributed by atoms with Gasteiger partial charge in [0, 0.05) is 25.1 Å². The van der Waals surface area contributed by atoms with E-state index in [4.69, 9.17) is 8.94 Å². The Morgan fingerprint density at radius 1 is 1.24 bits per heavy atom. The van der Waals surface area contributed by atoms with Gasteiger partial charge in [0.1, 0.15) is 0 Å². The number of amides is 1. The standard InChI is InChI=1S/C18H20N4O3/c1-22(2)12-13-5-3-6-14(11-13)19-16(23)8-9-17-20-18(21-25-17)15-7-4-10-24-15/h3-7,10-11H,8-9,12H2,1-2H3,(H,19,23). The van der Waals surface area contributed by atoms with Crippen molar-refractivity contribution in [3.63, 3.8) is 0 Å². The SMILES string of the molecule is CN(C)Cc1cccc(NC(=O)CCc2nc(-c3ccco3)no2)c1. The Balaban J connectivity index is 1.53. The average Bonchev–Trinajstić information content (AvgIpc) is 3.24. The molecule has 0 atom stereocenters. The Hall–Kier alpha value is -2.93. The minimum atomic E-state index is -0.0975. The van der Waals surface area contributed by atoms with E-state index >= 15 is 0 Å². The molecule has 1 aromatic carbocycles. The molecule has 0 aliphatic rings. The van der Waals surface area contributed by atoms with Crippen LogP contribution in [-0.4, -0.2) is 35.0 Å². The Labute approximate surface area is 145 Å². The van der Waals surface area contributed by atoms with E-state index in [0.717, 1.165) is 17.8 Å². The van der Waals surface area contributed by atoms with Crippen LogP contribution in [0.1, 0.15) is 17.9 Å². The lowest BCUT2D eigenvalue weighted by atomic mass is 10.2. The quantitative estimate of drug-likeness (QED) is 0.712. The number of hydrogen-bond acceptors (Lipinski definition) is 6. The fourth-order valence-electron chi connectivity index (χ4n) is 2.42. The molecule has 0 saturated heterocycles. The molecule has 0 radical (unpaired) electrons. The van der Waals surface area contributed by atoms with Gasteiger partial charge in [-0.1, -0.05) is 17.3 Å². The predicted octanol–water partition coefficient (Wildman–Crippen LogP) is 2.96. The molecule has 1 amide bonds. The van der Waals surface area contributed by atoms with E-state index in [1.165, 1.54) is 0 Å². The summed E-state index contributed by atoms with van der Waals surface area (Å²) in [6.45, 7) is 0.821. The van der Waals surface area contributed by atoms with Gasteiger partial charge in [-0.15, -0.1) is 0 Å². The number of rotatable bonds is 7. The summed E-state index contributed by atoms with van der Waals surface area (Å²) in [5.74, 6) is 1.23. The highest BCUT2D eigenvalue weighted by atomic mass is 16.5. The van der Waals surface area contributed by atoms with E-state index in [0.29, 0.717) is 23.9 Å². The summed E-state index contributed by atoms with van der Waals surface area (Å²) in [6, 6.07) is 11.3. The molecule has 130 valence electrons. The molecule has 0 saturated carbocycles. The number of furan rings is 1. The van der Waals surface area contributed by atoms with Gasteiger partial charge in [0.05, 0.1) is 6.26 Å². The first-order valence-corrected chi connectivity index (χ1v) is 8.00. The summed E-state index contributed by atoms with van der Waals surface area (Å²) in [5, 5.41) is 6.74. The second-order valence-corrected chi connectivity index (χ2v) is 5.98. The minimum Gasteiger partial charge on any atom is -0.461 e. The van der Waals surface area contributed by atoms with Crippen LogP contribution < -0.4 is 5.32 Å². The first-order chi connectivity index (χ1) is 12.1. The number of hydrogen-bond donors (Lipinski definition) is 1. The zero-order valence-electron chi connectivity index (χ0n) is 14.2. The average molecular weight is 340 g/mol. The molecule has 7 heteroatoms. The minimum absolute atomic E-state index is 0.0975. The smallest absolute Gasteiger partial charge is 0.238 e. The highest BCUT2D eigenvalue weighted by Gasteiger charge is 2.12. The lowest BCUT2D eigenvalue weighted by Gasteiger charge is -2.11. The summed E-state index contributed by atoms with van der Waals surface area (Å²) in [5.41, 5.74) is 1.92. The van der Waals surface area contributed by atoms with E-state index < -0.39 is 0 Å². The van der Waals surface area contributed by atoms with Crippen LogP contribution in [0.3, 0.4) is 0 Å². The number of carbonyl (C=O) groups is 1. The molecule has 0 spiro atoms. The lowest BCUT2D eigenvalue weighted by molar-refractivity contribution is -0.116. The third-order valence-electron chi connectivity index (χ3n) is 3.49. The largest absolute Gasteiger partial charge is 0.461 e. The first-order valence-electron chi connectivity index (χ1n) is 8.00. The first kappa shape index (κ1) is 16.9. The Morgan fingerprint density at radius 2 is 2.12 bits per heavy atom. The fraction of sp³-hybridized carbons (Fsp3) is 0.278. The molecule has 1 N–H and O–H groups in total. The molecule has 0 bridgehead atoms. The molecule has 0 unspecified atom stereocenters. The third kappa shape index (κ3) is 4.77. The molecule has 7 nitrogen and oxygen atoms in total. The Kier molecular flexibility index (Phi) is 5.25. The van der Waals surface area contributed by atoms with Gasteiger partial charge >= 0.3 is 0 Å². The highest BCUT2D eigenvalue weighted by Crippen LogP contribution is 2.17. The van der Waals surface area contributed by atoms with Crippen molar-refractivity contribution in [2.75, 3.05) is 19.4 Å². The maximum absolute atomic E-state index is 12.1. The molecule has 0 fully saturated rings. The van der Waals surface area contributed by atoms with E-state index in [-0.39, 0.29) is 12.3 Å². The number of anilines is 1. The molecule has 0 aliphatic carbocycles. The zero-order chi connectivity index (χ0) is 17.6. The van der Waals surface area contributed by atoms with Crippen LogP contribution in [0.2, 0.25) is 0 Å². The predicted molar refractivity (Wildman–Crippen MR) is 92.8 cm³/mol. The second-order valence-electron chi connectivity index (χ2n) is 5.98. The lowest BCUT2D eigenvalue weighted by Crippen LogP contribution is -2.14. The van der Waals surface area contributed by atoms with E-state index in [2.05, 4.69) is 20.4 Å². The molecule has 0 aliphatic heterocycles. The van der Waals surface area contributed by atoms with Gasteiger partial charge in [0.15, 0.2) is 5.76 Å². The van der Waals surface area contributed by atoms with Crippen molar-refractivity contribution >= 4 is 11.6 Å². The van der Waals surface area contributed by atoms with Crippen LogP contribution in [0.15, 0.2) is 51.6 Å². The molecular weight excluding hydrogens is 320 g/mol. The van der Waals surface area contributed by atoms with Gasteiger partial charge in [0.2, 0.25) is 17.6 Å². The number of nitrogens with zero attached hydrogens (tertiary/aromatic N) is 3. The van der Waals surface area contributed by atoms with Crippen LogP contribution in [0.5, 0.6) is 0 Å². The third-order valence-corrected chi connectivity index (χ3v) is 3.49. The molecule has 3 rings (SSSR count). The maximum Gasteiger partial charge on any atom is 0.238 e. The van der Waals surface area contributed by atoms with Crippen molar-refractivity contribution in [1.29, 1.82) is 0 Å². The monoisotopic (exact) mass is 340 g/mol. The van der Waals surface area contributed by atoms with Crippen LogP contribution >= 0.6 is 0 Å². The van der Waals surface area contributed by atoms with Crippen LogP contribution in [0, 0.1) is 0 Å². The summed E-state index contributed by atoms with van der Waals surface area (Å²) in [4.78, 5) is 18.4. The van der Waals surface area contributed by atoms with Gasteiger partial charge < -0.3 is 19.2 Å². The van der Waals surface area contributed by atoms with Crippen molar-refractivity contribution in [3.05, 3.63) is 54.1 Å². The van der Waals surface area contributed by atoms with Crippen LogP contribution in [0.4, 0.5) is 5.69 Å². The normalized spacial score (nSPS) is 11.0. The van der Waals surface area contributed by atoms with E-state index in [9.17, 15) is 4.79 Å². The fourth-order valence-corrected chi connectivity index (χ4v) is 2.42. The van der Waals surface area contributed by atoms with Gasteiger partial charge in [-0.05, 0) is 43.9 Å². The van der Waals surface area contributed by atoms with Crippen molar-refractivity contribution < 1.29 is 13.7 Å². The second kappa shape index (κ2) is 7.76. The van der Waals surface area contributed by atoms with Crippen LogP contribution in [-0.2, 0) is 17.8 Å². The van der Waals surface area contributed by atoms with E-state index in [1.807, 2.05) is 38.4 Å².